The standard InChI is InChI=1S/C11H15NO3.C2H6/c1-3-14-11(13)7-15-9-4-5-10(12)8(2)6-9;1-2/h4-6H,3,7,12H2,1-2H3;1-2H3. The van der Waals surface area contributed by atoms with Crippen LogP contribution in [0.25, 0.3) is 0 Å². The van der Waals surface area contributed by atoms with Crippen LogP contribution in [0.2, 0.25) is 0 Å². The monoisotopic (exact) mass is 239 g/mol. The second kappa shape index (κ2) is 8.44. The Balaban J connectivity index is 0.00000121. The molecule has 96 valence electrons. The highest BCUT2D eigenvalue weighted by Gasteiger charge is 2.03. The van der Waals surface area contributed by atoms with Gasteiger partial charge in [0.2, 0.25) is 0 Å². The molecular formula is C13H21NO3. The third-order valence-electron chi connectivity index (χ3n) is 1.90. The number of ether oxygens (including phenoxy) is 2. The summed E-state index contributed by atoms with van der Waals surface area (Å²) in [6, 6.07) is 5.26. The Bertz CT molecular complexity index is 351. The molecule has 0 spiro atoms. The Morgan fingerprint density at radius 3 is 2.53 bits per heavy atom. The first kappa shape index (κ1) is 15.3. The van der Waals surface area contributed by atoms with Crippen molar-refractivity contribution >= 4 is 11.7 Å². The molecule has 0 radical (unpaired) electrons. The topological polar surface area (TPSA) is 61.5 Å². The second-order valence-corrected chi connectivity index (χ2v) is 3.11. The summed E-state index contributed by atoms with van der Waals surface area (Å²) in [4.78, 5) is 11.0. The van der Waals surface area contributed by atoms with Gasteiger partial charge in [0.05, 0.1) is 6.61 Å². The molecule has 1 rings (SSSR count). The third kappa shape index (κ3) is 5.80. The fourth-order valence-corrected chi connectivity index (χ4v) is 1.08. The van der Waals surface area contributed by atoms with E-state index in [1.54, 1.807) is 25.1 Å². The number of nitrogen functional groups attached to an aromatic ring is 1. The summed E-state index contributed by atoms with van der Waals surface area (Å²) in [5, 5.41) is 0. The Hall–Kier alpha value is -1.71. The van der Waals surface area contributed by atoms with Gasteiger partial charge in [-0.2, -0.15) is 0 Å². The van der Waals surface area contributed by atoms with Crippen molar-refractivity contribution in [3.05, 3.63) is 23.8 Å². The van der Waals surface area contributed by atoms with Crippen LogP contribution in [0.15, 0.2) is 18.2 Å². The molecule has 4 nitrogen and oxygen atoms in total. The first-order valence-corrected chi connectivity index (χ1v) is 5.78. The molecule has 0 fully saturated rings. The van der Waals surface area contributed by atoms with Crippen molar-refractivity contribution in [1.82, 2.24) is 0 Å². The van der Waals surface area contributed by atoms with Gasteiger partial charge < -0.3 is 15.2 Å². The molecule has 0 saturated carbocycles. The van der Waals surface area contributed by atoms with E-state index < -0.39 is 0 Å². The van der Waals surface area contributed by atoms with Gasteiger partial charge in [-0.15, -0.1) is 0 Å². The summed E-state index contributed by atoms with van der Waals surface area (Å²) in [5.74, 6) is 0.252. The molecule has 1 aromatic rings. The zero-order chi connectivity index (χ0) is 13.3. The maximum atomic E-state index is 11.0. The molecule has 0 aliphatic heterocycles. The average molecular weight is 239 g/mol. The molecule has 2 N–H and O–H groups in total. The van der Waals surface area contributed by atoms with Crippen LogP contribution in [-0.2, 0) is 9.53 Å². The maximum absolute atomic E-state index is 11.0. The Kier molecular flexibility index (Phi) is 7.59. The highest BCUT2D eigenvalue weighted by atomic mass is 16.6. The van der Waals surface area contributed by atoms with E-state index in [0.717, 1.165) is 5.56 Å². The van der Waals surface area contributed by atoms with E-state index in [4.69, 9.17) is 15.2 Å². The molecule has 0 unspecified atom stereocenters. The number of carbonyl (C=O) groups is 1. The number of benzene rings is 1. The molecule has 0 bridgehead atoms. The number of rotatable bonds is 4. The minimum absolute atomic E-state index is 0.0722. The highest BCUT2D eigenvalue weighted by molar-refractivity contribution is 5.71. The molecule has 0 amide bonds. The molecule has 0 aliphatic rings. The smallest absolute Gasteiger partial charge is 0.344 e. The van der Waals surface area contributed by atoms with Crippen molar-refractivity contribution in [3.63, 3.8) is 0 Å². The van der Waals surface area contributed by atoms with Crippen LogP contribution in [0, 0.1) is 6.92 Å². The lowest BCUT2D eigenvalue weighted by Crippen LogP contribution is -2.14. The maximum Gasteiger partial charge on any atom is 0.344 e. The fourth-order valence-electron chi connectivity index (χ4n) is 1.08. The number of esters is 1. The minimum atomic E-state index is -0.369. The molecule has 0 heterocycles. The Labute approximate surface area is 103 Å². The molecule has 1 aromatic carbocycles. The van der Waals surface area contributed by atoms with Gasteiger partial charge in [-0.3, -0.25) is 0 Å². The first-order chi connectivity index (χ1) is 8.13. The average Bonchev–Trinajstić information content (AvgIpc) is 2.34. The van der Waals surface area contributed by atoms with Gasteiger partial charge in [-0.25, -0.2) is 4.79 Å². The lowest BCUT2D eigenvalue weighted by atomic mass is 10.2. The van der Waals surface area contributed by atoms with E-state index in [1.165, 1.54) is 0 Å². The summed E-state index contributed by atoms with van der Waals surface area (Å²) < 4.78 is 9.96. The van der Waals surface area contributed by atoms with E-state index in [1.807, 2.05) is 20.8 Å². The van der Waals surface area contributed by atoms with E-state index >= 15 is 0 Å². The van der Waals surface area contributed by atoms with Crippen LogP contribution in [-0.4, -0.2) is 19.2 Å². The van der Waals surface area contributed by atoms with E-state index in [0.29, 0.717) is 18.0 Å². The van der Waals surface area contributed by atoms with Crippen molar-refractivity contribution in [3.8, 4) is 5.75 Å². The molecule has 0 atom stereocenters. The van der Waals surface area contributed by atoms with Crippen LogP contribution in [0.3, 0.4) is 0 Å². The number of hydrogen-bond donors (Lipinski definition) is 1. The van der Waals surface area contributed by atoms with Crippen LogP contribution in [0.1, 0.15) is 26.3 Å². The van der Waals surface area contributed by atoms with Crippen molar-refractivity contribution in [2.75, 3.05) is 18.9 Å². The zero-order valence-electron chi connectivity index (χ0n) is 10.9. The number of carbonyl (C=O) groups excluding carboxylic acids is 1. The highest BCUT2D eigenvalue weighted by Crippen LogP contribution is 2.18. The van der Waals surface area contributed by atoms with Gasteiger partial charge in [0, 0.05) is 5.69 Å². The lowest BCUT2D eigenvalue weighted by molar-refractivity contribution is -0.145. The fraction of sp³-hybridized carbons (Fsp3) is 0.462. The van der Waals surface area contributed by atoms with Crippen molar-refractivity contribution in [1.29, 1.82) is 0 Å². The lowest BCUT2D eigenvalue weighted by Gasteiger charge is -2.07. The van der Waals surface area contributed by atoms with Crippen molar-refractivity contribution < 1.29 is 14.3 Å². The van der Waals surface area contributed by atoms with Gasteiger partial charge >= 0.3 is 5.97 Å². The van der Waals surface area contributed by atoms with Crippen molar-refractivity contribution in [2.24, 2.45) is 0 Å². The normalized spacial score (nSPS) is 8.94. The third-order valence-corrected chi connectivity index (χ3v) is 1.90. The van der Waals surface area contributed by atoms with Crippen LogP contribution in [0.5, 0.6) is 5.75 Å². The van der Waals surface area contributed by atoms with Crippen molar-refractivity contribution in [2.45, 2.75) is 27.7 Å². The molecule has 17 heavy (non-hydrogen) atoms. The quantitative estimate of drug-likeness (QED) is 0.648. The Morgan fingerprint density at radius 1 is 1.35 bits per heavy atom. The SMILES string of the molecule is CC.CCOC(=O)COc1ccc(N)c(C)c1. The number of anilines is 1. The Morgan fingerprint density at radius 2 is 2.00 bits per heavy atom. The summed E-state index contributed by atoms with van der Waals surface area (Å²) in [6.45, 7) is 7.93. The van der Waals surface area contributed by atoms with Gasteiger partial charge in [0.15, 0.2) is 6.61 Å². The van der Waals surface area contributed by atoms with E-state index in [9.17, 15) is 4.79 Å². The molecule has 0 aromatic heterocycles. The van der Waals surface area contributed by atoms with Gasteiger partial charge in [-0.1, -0.05) is 13.8 Å². The van der Waals surface area contributed by atoms with Crippen LogP contribution >= 0.6 is 0 Å². The number of hydrogen-bond acceptors (Lipinski definition) is 4. The first-order valence-electron chi connectivity index (χ1n) is 5.78. The molecule has 4 heteroatoms. The predicted octanol–water partition coefficient (Wildman–Crippen LogP) is 2.55. The summed E-state index contributed by atoms with van der Waals surface area (Å²) in [7, 11) is 0. The molecular weight excluding hydrogens is 218 g/mol. The summed E-state index contributed by atoms with van der Waals surface area (Å²) in [6.07, 6.45) is 0. The van der Waals surface area contributed by atoms with E-state index in [2.05, 4.69) is 0 Å². The molecule has 0 aliphatic carbocycles. The van der Waals surface area contributed by atoms with Crippen LogP contribution in [0.4, 0.5) is 5.69 Å². The van der Waals surface area contributed by atoms with E-state index in [-0.39, 0.29) is 12.6 Å². The van der Waals surface area contributed by atoms with Gasteiger partial charge in [0.25, 0.3) is 0 Å². The largest absolute Gasteiger partial charge is 0.482 e. The molecule has 0 saturated heterocycles. The zero-order valence-corrected chi connectivity index (χ0v) is 10.9. The van der Waals surface area contributed by atoms with Gasteiger partial charge in [0.1, 0.15) is 5.75 Å². The number of nitrogens with two attached hydrogens (primary N) is 1. The summed E-state index contributed by atoms with van der Waals surface area (Å²) >= 11 is 0. The van der Waals surface area contributed by atoms with Crippen LogP contribution < -0.4 is 10.5 Å². The summed E-state index contributed by atoms with van der Waals surface area (Å²) in [5.41, 5.74) is 7.28. The number of aryl methyl sites for hydroxylation is 1. The van der Waals surface area contributed by atoms with Gasteiger partial charge in [-0.05, 0) is 37.6 Å². The second-order valence-electron chi connectivity index (χ2n) is 3.11. The predicted molar refractivity (Wildman–Crippen MR) is 69.1 cm³/mol. The minimum Gasteiger partial charge on any atom is -0.482 e.